The van der Waals surface area contributed by atoms with Crippen molar-refractivity contribution >= 4 is 5.91 Å². The van der Waals surface area contributed by atoms with Crippen LogP contribution >= 0.6 is 0 Å². The van der Waals surface area contributed by atoms with Gasteiger partial charge in [-0.3, -0.25) is 4.79 Å². The van der Waals surface area contributed by atoms with Crippen molar-refractivity contribution in [1.29, 1.82) is 0 Å². The van der Waals surface area contributed by atoms with Crippen LogP contribution in [0.15, 0.2) is 24.3 Å². The average Bonchev–Trinajstić information content (AvgIpc) is 2.32. The summed E-state index contributed by atoms with van der Waals surface area (Å²) in [4.78, 5) is 11.4. The Balaban J connectivity index is 2.54. The number of hydrogen-bond donors (Lipinski definition) is 2. The molecule has 0 aromatic heterocycles. The van der Waals surface area contributed by atoms with Crippen LogP contribution in [0.1, 0.15) is 20.3 Å². The van der Waals surface area contributed by atoms with Gasteiger partial charge in [0.05, 0.1) is 12.1 Å². The Morgan fingerprint density at radius 1 is 1.50 bits per heavy atom. The SMILES string of the molecule is CCNC(C)(CCOc1ccccc1F)C(N)=O. The van der Waals surface area contributed by atoms with E-state index in [1.165, 1.54) is 6.07 Å². The van der Waals surface area contributed by atoms with E-state index in [4.69, 9.17) is 10.5 Å². The first kappa shape index (κ1) is 14.4. The summed E-state index contributed by atoms with van der Waals surface area (Å²) in [6.45, 7) is 4.44. The van der Waals surface area contributed by atoms with E-state index in [1.807, 2.05) is 6.92 Å². The van der Waals surface area contributed by atoms with Crippen molar-refractivity contribution < 1.29 is 13.9 Å². The molecule has 0 bridgehead atoms. The first-order valence-corrected chi connectivity index (χ1v) is 5.92. The van der Waals surface area contributed by atoms with Gasteiger partial charge in [0.2, 0.25) is 5.91 Å². The summed E-state index contributed by atoms with van der Waals surface area (Å²) in [5.74, 6) is -0.677. The van der Waals surface area contributed by atoms with Crippen LogP contribution in [0.25, 0.3) is 0 Å². The molecule has 0 aliphatic rings. The molecule has 0 fully saturated rings. The topological polar surface area (TPSA) is 64.3 Å². The Hall–Kier alpha value is -1.62. The molecule has 1 amide bonds. The smallest absolute Gasteiger partial charge is 0.237 e. The molecule has 5 heteroatoms. The van der Waals surface area contributed by atoms with E-state index >= 15 is 0 Å². The highest BCUT2D eigenvalue weighted by atomic mass is 19.1. The number of amides is 1. The van der Waals surface area contributed by atoms with Gasteiger partial charge in [0.1, 0.15) is 0 Å². The van der Waals surface area contributed by atoms with Crippen LogP contribution in [-0.4, -0.2) is 24.6 Å². The largest absolute Gasteiger partial charge is 0.490 e. The second kappa shape index (κ2) is 6.35. The molecule has 4 nitrogen and oxygen atoms in total. The van der Waals surface area contributed by atoms with Gasteiger partial charge in [0.25, 0.3) is 0 Å². The molecule has 0 aliphatic heterocycles. The Morgan fingerprint density at radius 2 is 2.17 bits per heavy atom. The number of halogens is 1. The van der Waals surface area contributed by atoms with Crippen LogP contribution < -0.4 is 15.8 Å². The van der Waals surface area contributed by atoms with Crippen LogP contribution in [0.2, 0.25) is 0 Å². The maximum absolute atomic E-state index is 13.3. The van der Waals surface area contributed by atoms with Crippen LogP contribution in [0, 0.1) is 5.82 Å². The second-order valence-electron chi connectivity index (χ2n) is 4.26. The lowest BCUT2D eigenvalue weighted by atomic mass is 9.97. The summed E-state index contributed by atoms with van der Waals surface area (Å²) in [7, 11) is 0. The Morgan fingerprint density at radius 3 is 2.72 bits per heavy atom. The number of nitrogens with one attached hydrogen (secondary N) is 1. The molecule has 1 aromatic carbocycles. The number of benzene rings is 1. The van der Waals surface area contributed by atoms with Crippen molar-refractivity contribution in [2.45, 2.75) is 25.8 Å². The molecular formula is C13H19FN2O2. The third-order valence-electron chi connectivity index (χ3n) is 2.81. The van der Waals surface area contributed by atoms with Gasteiger partial charge in [0.15, 0.2) is 11.6 Å². The predicted octanol–water partition coefficient (Wildman–Crippen LogP) is 1.45. The number of ether oxygens (including phenoxy) is 1. The zero-order valence-electron chi connectivity index (χ0n) is 10.7. The Labute approximate surface area is 106 Å². The molecule has 1 atom stereocenters. The van der Waals surface area contributed by atoms with Gasteiger partial charge in [-0.1, -0.05) is 19.1 Å². The second-order valence-corrected chi connectivity index (χ2v) is 4.26. The van der Waals surface area contributed by atoms with Gasteiger partial charge >= 0.3 is 0 Å². The number of primary amides is 1. The van der Waals surface area contributed by atoms with E-state index in [-0.39, 0.29) is 12.4 Å². The maximum atomic E-state index is 13.3. The van der Waals surface area contributed by atoms with Gasteiger partial charge in [-0.25, -0.2) is 4.39 Å². The minimum atomic E-state index is -0.833. The molecule has 0 spiro atoms. The molecule has 1 unspecified atom stereocenters. The van der Waals surface area contributed by atoms with Crippen molar-refractivity contribution in [3.05, 3.63) is 30.1 Å². The van der Waals surface area contributed by atoms with Crippen molar-refractivity contribution in [2.75, 3.05) is 13.2 Å². The van der Waals surface area contributed by atoms with Gasteiger partial charge in [-0.05, 0) is 25.6 Å². The molecular weight excluding hydrogens is 235 g/mol. The van der Waals surface area contributed by atoms with Crippen molar-refractivity contribution in [3.8, 4) is 5.75 Å². The third-order valence-corrected chi connectivity index (χ3v) is 2.81. The normalized spacial score (nSPS) is 13.9. The molecule has 0 saturated heterocycles. The Bertz CT molecular complexity index is 412. The zero-order chi connectivity index (χ0) is 13.6. The van der Waals surface area contributed by atoms with Gasteiger partial charge in [-0.15, -0.1) is 0 Å². The predicted molar refractivity (Wildman–Crippen MR) is 67.8 cm³/mol. The van der Waals surface area contributed by atoms with Crippen molar-refractivity contribution in [3.63, 3.8) is 0 Å². The van der Waals surface area contributed by atoms with Gasteiger partial charge in [0, 0.05) is 6.42 Å². The highest BCUT2D eigenvalue weighted by Gasteiger charge is 2.29. The highest BCUT2D eigenvalue weighted by Crippen LogP contribution is 2.17. The third kappa shape index (κ3) is 3.70. The highest BCUT2D eigenvalue weighted by molar-refractivity contribution is 5.84. The lowest BCUT2D eigenvalue weighted by Crippen LogP contribution is -2.53. The minimum absolute atomic E-state index is 0.181. The fraction of sp³-hybridized carbons (Fsp3) is 0.462. The van der Waals surface area contributed by atoms with Crippen LogP contribution in [0.3, 0.4) is 0 Å². The molecule has 1 aromatic rings. The quantitative estimate of drug-likeness (QED) is 0.774. The van der Waals surface area contributed by atoms with E-state index in [9.17, 15) is 9.18 Å². The molecule has 100 valence electrons. The first-order chi connectivity index (χ1) is 8.49. The molecule has 0 heterocycles. The van der Waals surface area contributed by atoms with E-state index in [1.54, 1.807) is 25.1 Å². The summed E-state index contributed by atoms with van der Waals surface area (Å²) >= 11 is 0. The van der Waals surface area contributed by atoms with Gasteiger partial charge < -0.3 is 15.8 Å². The van der Waals surface area contributed by atoms with Crippen LogP contribution in [0.5, 0.6) is 5.75 Å². The van der Waals surface area contributed by atoms with E-state index in [0.717, 1.165) is 0 Å². The standard InChI is InChI=1S/C13H19FN2O2/c1-3-16-13(2,12(15)17)8-9-18-11-7-5-4-6-10(11)14/h4-7,16H,3,8-9H2,1-2H3,(H2,15,17). The number of nitrogens with two attached hydrogens (primary N) is 1. The Kier molecular flexibility index (Phi) is 5.09. The summed E-state index contributed by atoms with van der Waals surface area (Å²) in [6.07, 6.45) is 0.379. The van der Waals surface area contributed by atoms with Gasteiger partial charge in [-0.2, -0.15) is 0 Å². The molecule has 0 radical (unpaired) electrons. The number of carbonyl (C=O) groups is 1. The molecule has 3 N–H and O–H groups in total. The van der Waals surface area contributed by atoms with E-state index in [0.29, 0.717) is 13.0 Å². The number of hydrogen-bond acceptors (Lipinski definition) is 3. The molecule has 18 heavy (non-hydrogen) atoms. The molecule has 1 rings (SSSR count). The van der Waals surface area contributed by atoms with E-state index in [2.05, 4.69) is 5.32 Å². The maximum Gasteiger partial charge on any atom is 0.237 e. The monoisotopic (exact) mass is 254 g/mol. The summed E-state index contributed by atoms with van der Waals surface area (Å²) < 4.78 is 18.6. The van der Waals surface area contributed by atoms with Crippen LogP contribution in [0.4, 0.5) is 4.39 Å². The summed E-state index contributed by atoms with van der Waals surface area (Å²) in [5, 5.41) is 3.01. The number of carbonyl (C=O) groups excluding carboxylic acids is 1. The fourth-order valence-corrected chi connectivity index (χ4v) is 1.62. The average molecular weight is 254 g/mol. The lowest BCUT2D eigenvalue weighted by Gasteiger charge is -2.26. The lowest BCUT2D eigenvalue weighted by molar-refractivity contribution is -0.124. The molecule has 0 aliphatic carbocycles. The van der Waals surface area contributed by atoms with Crippen molar-refractivity contribution in [1.82, 2.24) is 5.32 Å². The summed E-state index contributed by atoms with van der Waals surface area (Å²) in [6, 6.07) is 6.15. The number of likely N-dealkylation sites (N-methyl/N-ethyl adjacent to an activating group) is 1. The first-order valence-electron chi connectivity index (χ1n) is 5.92. The fourth-order valence-electron chi connectivity index (χ4n) is 1.62. The number of para-hydroxylation sites is 1. The number of rotatable bonds is 7. The zero-order valence-corrected chi connectivity index (χ0v) is 10.7. The van der Waals surface area contributed by atoms with Crippen molar-refractivity contribution in [2.24, 2.45) is 5.73 Å². The van der Waals surface area contributed by atoms with E-state index < -0.39 is 17.3 Å². The van der Waals surface area contributed by atoms with Crippen LogP contribution in [-0.2, 0) is 4.79 Å². The minimum Gasteiger partial charge on any atom is -0.490 e. The summed E-state index contributed by atoms with van der Waals surface area (Å²) in [5.41, 5.74) is 4.50. The molecule has 0 saturated carbocycles.